The molecular weight excluding hydrogens is 218 g/mol. The number of nitrogens with zero attached hydrogens (tertiary/aromatic N) is 2. The summed E-state index contributed by atoms with van der Waals surface area (Å²) < 4.78 is 4.68. The highest BCUT2D eigenvalue weighted by Gasteiger charge is 2.16. The molecule has 2 rings (SSSR count). The summed E-state index contributed by atoms with van der Waals surface area (Å²) in [6.07, 6.45) is 1.58. The van der Waals surface area contributed by atoms with Crippen LogP contribution >= 0.6 is 0 Å². The lowest BCUT2D eigenvalue weighted by Crippen LogP contribution is -2.04. The van der Waals surface area contributed by atoms with Crippen molar-refractivity contribution in [2.75, 3.05) is 7.11 Å². The van der Waals surface area contributed by atoms with Crippen LogP contribution in [0.4, 0.5) is 0 Å². The second-order valence-corrected chi connectivity index (χ2v) is 3.82. The van der Waals surface area contributed by atoms with E-state index in [-0.39, 0.29) is 0 Å². The minimum atomic E-state index is -0.446. The molecule has 2 aromatic rings. The summed E-state index contributed by atoms with van der Waals surface area (Å²) >= 11 is 0. The van der Waals surface area contributed by atoms with E-state index >= 15 is 0 Å². The molecule has 0 unspecified atom stereocenters. The second-order valence-electron chi connectivity index (χ2n) is 3.82. The van der Waals surface area contributed by atoms with Crippen molar-refractivity contribution in [3.05, 3.63) is 35.3 Å². The molecule has 1 N–H and O–H groups in total. The molecule has 17 heavy (non-hydrogen) atoms. The lowest BCUT2D eigenvalue weighted by atomic mass is 10.1. The van der Waals surface area contributed by atoms with Crippen molar-refractivity contribution < 1.29 is 9.53 Å². The van der Waals surface area contributed by atoms with Crippen molar-refractivity contribution in [2.45, 2.75) is 13.8 Å². The largest absolute Gasteiger partial charge is 0.464 e. The van der Waals surface area contributed by atoms with Gasteiger partial charge in [0.25, 0.3) is 0 Å². The van der Waals surface area contributed by atoms with Gasteiger partial charge in [0.05, 0.1) is 24.6 Å². The van der Waals surface area contributed by atoms with E-state index in [0.29, 0.717) is 11.3 Å². The number of ether oxygens (including phenoxy) is 1. The van der Waals surface area contributed by atoms with Gasteiger partial charge in [-0.25, -0.2) is 4.79 Å². The molecule has 0 saturated carbocycles. The SMILES string of the molecule is COC(=O)c1[nH]ncc1-c1cc(C)cc(C)n1. The summed E-state index contributed by atoms with van der Waals surface area (Å²) in [7, 11) is 1.34. The lowest BCUT2D eigenvalue weighted by molar-refractivity contribution is 0.0595. The Bertz CT molecular complexity index is 540. The third kappa shape index (κ3) is 2.18. The predicted molar refractivity (Wildman–Crippen MR) is 62.6 cm³/mol. The molecule has 0 aliphatic carbocycles. The molecule has 0 atom stereocenters. The van der Waals surface area contributed by atoms with E-state index in [9.17, 15) is 4.79 Å². The maximum atomic E-state index is 11.5. The summed E-state index contributed by atoms with van der Waals surface area (Å²) in [4.78, 5) is 15.9. The number of hydrogen-bond acceptors (Lipinski definition) is 4. The van der Waals surface area contributed by atoms with Gasteiger partial charge < -0.3 is 4.74 Å². The first-order chi connectivity index (χ1) is 8.11. The molecule has 0 radical (unpaired) electrons. The second kappa shape index (κ2) is 4.37. The third-order valence-electron chi connectivity index (χ3n) is 2.40. The Morgan fingerprint density at radius 1 is 1.35 bits per heavy atom. The molecule has 0 aliphatic heterocycles. The molecule has 0 aliphatic rings. The standard InChI is InChI=1S/C12H13N3O2/c1-7-4-8(2)14-10(5-7)9-6-13-15-11(9)12(16)17-3/h4-6H,1-3H3,(H,13,15). The highest BCUT2D eigenvalue weighted by molar-refractivity contribution is 5.94. The first-order valence-corrected chi connectivity index (χ1v) is 5.19. The van der Waals surface area contributed by atoms with E-state index in [1.54, 1.807) is 6.20 Å². The fourth-order valence-electron chi connectivity index (χ4n) is 1.72. The predicted octanol–water partition coefficient (Wildman–Crippen LogP) is 1.88. The molecule has 5 heteroatoms. The number of esters is 1. The number of aromatic nitrogens is 3. The summed E-state index contributed by atoms with van der Waals surface area (Å²) in [5.74, 6) is -0.446. The Kier molecular flexibility index (Phi) is 2.91. The zero-order chi connectivity index (χ0) is 12.4. The molecule has 0 amide bonds. The Labute approximate surface area is 98.8 Å². The van der Waals surface area contributed by atoms with Crippen LogP contribution in [0, 0.1) is 13.8 Å². The van der Waals surface area contributed by atoms with Gasteiger partial charge in [0, 0.05) is 5.69 Å². The Morgan fingerprint density at radius 2 is 2.12 bits per heavy atom. The fraction of sp³-hybridized carbons (Fsp3) is 0.250. The van der Waals surface area contributed by atoms with Gasteiger partial charge in [-0.2, -0.15) is 5.10 Å². The van der Waals surface area contributed by atoms with Crippen LogP contribution < -0.4 is 0 Å². The van der Waals surface area contributed by atoms with Gasteiger partial charge in [-0.1, -0.05) is 0 Å². The number of methoxy groups -OCH3 is 1. The average Bonchev–Trinajstić information content (AvgIpc) is 2.75. The van der Waals surface area contributed by atoms with E-state index < -0.39 is 5.97 Å². The van der Waals surface area contributed by atoms with Crippen molar-refractivity contribution in [3.63, 3.8) is 0 Å². The summed E-state index contributed by atoms with van der Waals surface area (Å²) in [5, 5.41) is 6.49. The minimum Gasteiger partial charge on any atom is -0.464 e. The number of rotatable bonds is 2. The van der Waals surface area contributed by atoms with E-state index in [4.69, 9.17) is 0 Å². The Hall–Kier alpha value is -2.17. The average molecular weight is 231 g/mol. The Balaban J connectivity index is 2.53. The van der Waals surface area contributed by atoms with E-state index in [0.717, 1.165) is 17.0 Å². The Morgan fingerprint density at radius 3 is 2.76 bits per heavy atom. The van der Waals surface area contributed by atoms with Gasteiger partial charge in [0.1, 0.15) is 0 Å². The quantitative estimate of drug-likeness (QED) is 0.801. The molecule has 2 heterocycles. The zero-order valence-electron chi connectivity index (χ0n) is 9.94. The van der Waals surface area contributed by atoms with E-state index in [2.05, 4.69) is 19.9 Å². The normalized spacial score (nSPS) is 10.3. The van der Waals surface area contributed by atoms with Crippen LogP contribution in [0.2, 0.25) is 0 Å². The smallest absolute Gasteiger partial charge is 0.356 e. The van der Waals surface area contributed by atoms with Gasteiger partial charge in [-0.05, 0) is 31.5 Å². The van der Waals surface area contributed by atoms with Gasteiger partial charge in [0.15, 0.2) is 5.69 Å². The van der Waals surface area contributed by atoms with Crippen LogP contribution in [0.15, 0.2) is 18.3 Å². The van der Waals surface area contributed by atoms with Crippen molar-refractivity contribution in [2.24, 2.45) is 0 Å². The summed E-state index contributed by atoms with van der Waals surface area (Å²) in [6, 6.07) is 3.88. The highest BCUT2D eigenvalue weighted by Crippen LogP contribution is 2.22. The van der Waals surface area contributed by atoms with Crippen LogP contribution in [0.5, 0.6) is 0 Å². The topological polar surface area (TPSA) is 67.9 Å². The number of pyridine rings is 1. The van der Waals surface area contributed by atoms with E-state index in [1.165, 1.54) is 7.11 Å². The number of aryl methyl sites for hydroxylation is 2. The number of carbonyl (C=O) groups excluding carboxylic acids is 1. The third-order valence-corrected chi connectivity index (χ3v) is 2.40. The number of nitrogens with one attached hydrogen (secondary N) is 1. The summed E-state index contributed by atoms with van der Waals surface area (Å²) in [6.45, 7) is 3.89. The molecule has 0 saturated heterocycles. The monoisotopic (exact) mass is 231 g/mol. The van der Waals surface area contributed by atoms with Crippen LogP contribution in [-0.4, -0.2) is 28.3 Å². The molecule has 5 nitrogen and oxygen atoms in total. The summed E-state index contributed by atoms with van der Waals surface area (Å²) in [5.41, 5.74) is 3.69. The minimum absolute atomic E-state index is 0.324. The van der Waals surface area contributed by atoms with Crippen LogP contribution in [0.3, 0.4) is 0 Å². The molecule has 0 aromatic carbocycles. The maximum absolute atomic E-state index is 11.5. The fourth-order valence-corrected chi connectivity index (χ4v) is 1.72. The molecule has 0 spiro atoms. The van der Waals surface area contributed by atoms with Gasteiger partial charge in [0.2, 0.25) is 0 Å². The van der Waals surface area contributed by atoms with Gasteiger partial charge in [-0.3, -0.25) is 10.1 Å². The first kappa shape index (κ1) is 11.3. The highest BCUT2D eigenvalue weighted by atomic mass is 16.5. The lowest BCUT2D eigenvalue weighted by Gasteiger charge is -2.03. The van der Waals surface area contributed by atoms with Crippen LogP contribution in [0.1, 0.15) is 21.7 Å². The molecule has 2 aromatic heterocycles. The van der Waals surface area contributed by atoms with Gasteiger partial charge in [-0.15, -0.1) is 0 Å². The molecular formula is C12H13N3O2. The molecule has 0 fully saturated rings. The van der Waals surface area contributed by atoms with Crippen molar-refractivity contribution in [1.29, 1.82) is 0 Å². The first-order valence-electron chi connectivity index (χ1n) is 5.19. The maximum Gasteiger partial charge on any atom is 0.356 e. The van der Waals surface area contributed by atoms with E-state index in [1.807, 2.05) is 26.0 Å². The number of carbonyl (C=O) groups is 1. The van der Waals surface area contributed by atoms with Crippen molar-refractivity contribution in [1.82, 2.24) is 15.2 Å². The van der Waals surface area contributed by atoms with Gasteiger partial charge >= 0.3 is 5.97 Å². The number of H-pyrrole nitrogens is 1. The number of aromatic amines is 1. The number of hydrogen-bond donors (Lipinski definition) is 1. The zero-order valence-corrected chi connectivity index (χ0v) is 9.94. The van der Waals surface area contributed by atoms with Crippen LogP contribution in [-0.2, 0) is 4.74 Å². The molecule has 0 bridgehead atoms. The van der Waals surface area contributed by atoms with Crippen molar-refractivity contribution in [3.8, 4) is 11.3 Å². The van der Waals surface area contributed by atoms with Crippen LogP contribution in [0.25, 0.3) is 11.3 Å². The molecule has 88 valence electrons. The van der Waals surface area contributed by atoms with Crippen molar-refractivity contribution >= 4 is 5.97 Å².